The highest BCUT2D eigenvalue weighted by molar-refractivity contribution is 5.88. The van der Waals surface area contributed by atoms with Crippen LogP contribution in [0.2, 0.25) is 0 Å². The molecule has 1 heterocycles. The van der Waals surface area contributed by atoms with Gasteiger partial charge in [-0.25, -0.2) is 0 Å². The molecule has 0 fully saturated rings. The molecule has 0 spiro atoms. The fourth-order valence-electron chi connectivity index (χ4n) is 2.01. The summed E-state index contributed by atoms with van der Waals surface area (Å²) in [6, 6.07) is 5.84. The number of nitrogens with one attached hydrogen (secondary N) is 1. The minimum Gasteiger partial charge on any atom is -0.490 e. The molecule has 1 aromatic carbocycles. The van der Waals surface area contributed by atoms with Crippen LogP contribution in [0.4, 0.5) is 5.69 Å². The summed E-state index contributed by atoms with van der Waals surface area (Å²) >= 11 is 0. The molecular weight excluding hydrogens is 202 g/mol. The van der Waals surface area contributed by atoms with E-state index in [1.807, 2.05) is 18.2 Å². The first-order chi connectivity index (χ1) is 7.69. The standard InChI is InChI=1S/C13H17NO2/c1-3-12-6-4-10-8-11(14-9(2)15)5-7-13(10)16-12/h5,7-8,12H,3-4,6H2,1-2H3,(H,14,15). The number of rotatable bonds is 2. The van der Waals surface area contributed by atoms with Crippen LogP contribution in [-0.2, 0) is 11.2 Å². The summed E-state index contributed by atoms with van der Waals surface area (Å²) in [4.78, 5) is 10.9. The summed E-state index contributed by atoms with van der Waals surface area (Å²) < 4.78 is 5.83. The molecule has 0 aliphatic carbocycles. The van der Waals surface area contributed by atoms with Gasteiger partial charge in [0.15, 0.2) is 0 Å². The molecule has 86 valence electrons. The van der Waals surface area contributed by atoms with E-state index in [1.165, 1.54) is 12.5 Å². The van der Waals surface area contributed by atoms with Crippen molar-refractivity contribution in [3.63, 3.8) is 0 Å². The first-order valence-electron chi connectivity index (χ1n) is 5.76. The Bertz CT molecular complexity index is 401. The molecule has 1 atom stereocenters. The zero-order chi connectivity index (χ0) is 11.5. The summed E-state index contributed by atoms with van der Waals surface area (Å²) in [7, 11) is 0. The minimum atomic E-state index is -0.0388. The van der Waals surface area contributed by atoms with Crippen molar-refractivity contribution >= 4 is 11.6 Å². The molecule has 1 N–H and O–H groups in total. The summed E-state index contributed by atoms with van der Waals surface area (Å²) in [5.74, 6) is 0.926. The topological polar surface area (TPSA) is 38.3 Å². The van der Waals surface area contributed by atoms with Crippen molar-refractivity contribution in [1.29, 1.82) is 0 Å². The lowest BCUT2D eigenvalue weighted by Gasteiger charge is -2.25. The lowest BCUT2D eigenvalue weighted by molar-refractivity contribution is -0.114. The first-order valence-corrected chi connectivity index (χ1v) is 5.76. The number of anilines is 1. The normalized spacial score (nSPS) is 18.5. The fraction of sp³-hybridized carbons (Fsp3) is 0.462. The molecule has 0 saturated carbocycles. The average molecular weight is 219 g/mol. The van der Waals surface area contributed by atoms with Gasteiger partial charge in [0.2, 0.25) is 5.91 Å². The second-order valence-corrected chi connectivity index (χ2v) is 4.19. The highest BCUT2D eigenvalue weighted by Gasteiger charge is 2.18. The minimum absolute atomic E-state index is 0.0388. The van der Waals surface area contributed by atoms with Crippen LogP contribution >= 0.6 is 0 Å². The summed E-state index contributed by atoms with van der Waals surface area (Å²) in [5.41, 5.74) is 2.04. The molecule has 0 saturated heterocycles. The predicted molar refractivity (Wildman–Crippen MR) is 63.8 cm³/mol. The van der Waals surface area contributed by atoms with Gasteiger partial charge in [-0.2, -0.15) is 0 Å². The van der Waals surface area contributed by atoms with E-state index >= 15 is 0 Å². The second-order valence-electron chi connectivity index (χ2n) is 4.19. The Morgan fingerprint density at radius 2 is 2.38 bits per heavy atom. The fourth-order valence-corrected chi connectivity index (χ4v) is 2.01. The van der Waals surface area contributed by atoms with Crippen molar-refractivity contribution < 1.29 is 9.53 Å². The van der Waals surface area contributed by atoms with Crippen molar-refractivity contribution in [3.8, 4) is 5.75 Å². The van der Waals surface area contributed by atoms with Crippen molar-refractivity contribution in [2.75, 3.05) is 5.32 Å². The smallest absolute Gasteiger partial charge is 0.221 e. The Labute approximate surface area is 95.8 Å². The summed E-state index contributed by atoms with van der Waals surface area (Å²) in [6.07, 6.45) is 3.49. The maximum absolute atomic E-state index is 10.9. The third-order valence-corrected chi connectivity index (χ3v) is 2.87. The van der Waals surface area contributed by atoms with Gasteiger partial charge in [0.05, 0.1) is 6.10 Å². The molecule has 0 radical (unpaired) electrons. The van der Waals surface area contributed by atoms with E-state index in [-0.39, 0.29) is 5.91 Å². The van der Waals surface area contributed by atoms with E-state index in [0.29, 0.717) is 6.10 Å². The summed E-state index contributed by atoms with van der Waals surface area (Å²) in [5, 5.41) is 2.79. The number of fused-ring (bicyclic) bond motifs is 1. The van der Waals surface area contributed by atoms with Crippen molar-refractivity contribution in [2.45, 2.75) is 39.2 Å². The van der Waals surface area contributed by atoms with E-state index in [2.05, 4.69) is 12.2 Å². The SMILES string of the molecule is CCC1CCc2cc(NC(C)=O)ccc2O1. The van der Waals surface area contributed by atoms with E-state index < -0.39 is 0 Å². The number of amides is 1. The zero-order valence-corrected chi connectivity index (χ0v) is 9.75. The van der Waals surface area contributed by atoms with Gasteiger partial charge < -0.3 is 10.1 Å². The third kappa shape index (κ3) is 2.35. The Morgan fingerprint density at radius 1 is 1.56 bits per heavy atom. The molecule has 3 nitrogen and oxygen atoms in total. The average Bonchev–Trinajstić information content (AvgIpc) is 2.27. The van der Waals surface area contributed by atoms with E-state index in [4.69, 9.17) is 4.74 Å². The highest BCUT2D eigenvalue weighted by Crippen LogP contribution is 2.30. The lowest BCUT2D eigenvalue weighted by atomic mass is 10.0. The Hall–Kier alpha value is -1.51. The monoisotopic (exact) mass is 219 g/mol. The van der Waals surface area contributed by atoms with Gasteiger partial charge in [-0.3, -0.25) is 4.79 Å². The second kappa shape index (κ2) is 4.56. The van der Waals surface area contributed by atoms with Crippen molar-refractivity contribution in [3.05, 3.63) is 23.8 Å². The maximum Gasteiger partial charge on any atom is 0.221 e. The molecule has 3 heteroatoms. The highest BCUT2D eigenvalue weighted by atomic mass is 16.5. The first kappa shape index (κ1) is 11.0. The van der Waals surface area contributed by atoms with Crippen molar-refractivity contribution in [2.24, 2.45) is 0 Å². The van der Waals surface area contributed by atoms with Crippen LogP contribution in [-0.4, -0.2) is 12.0 Å². The van der Waals surface area contributed by atoms with Gasteiger partial charge in [0.25, 0.3) is 0 Å². The maximum atomic E-state index is 10.9. The largest absolute Gasteiger partial charge is 0.490 e. The van der Waals surface area contributed by atoms with Gasteiger partial charge in [-0.1, -0.05) is 6.92 Å². The predicted octanol–water partition coefficient (Wildman–Crippen LogP) is 2.75. The molecule has 1 aliphatic heterocycles. The zero-order valence-electron chi connectivity index (χ0n) is 9.75. The summed E-state index contributed by atoms with van der Waals surface area (Å²) in [6.45, 7) is 3.66. The Balaban J connectivity index is 2.18. The molecule has 1 unspecified atom stereocenters. The van der Waals surface area contributed by atoms with Crippen LogP contribution in [0.5, 0.6) is 5.75 Å². The number of hydrogen-bond acceptors (Lipinski definition) is 2. The number of aryl methyl sites for hydroxylation is 1. The lowest BCUT2D eigenvalue weighted by Crippen LogP contribution is -2.21. The molecule has 16 heavy (non-hydrogen) atoms. The number of benzene rings is 1. The van der Waals surface area contributed by atoms with Crippen LogP contribution in [0.1, 0.15) is 32.3 Å². The van der Waals surface area contributed by atoms with Gasteiger partial charge in [0.1, 0.15) is 5.75 Å². The Kier molecular flexibility index (Phi) is 3.13. The van der Waals surface area contributed by atoms with E-state index in [1.54, 1.807) is 0 Å². The van der Waals surface area contributed by atoms with Gasteiger partial charge in [-0.05, 0) is 43.0 Å². The molecule has 1 amide bonds. The van der Waals surface area contributed by atoms with Gasteiger partial charge in [-0.15, -0.1) is 0 Å². The van der Waals surface area contributed by atoms with Crippen LogP contribution < -0.4 is 10.1 Å². The van der Waals surface area contributed by atoms with E-state index in [9.17, 15) is 4.79 Å². The van der Waals surface area contributed by atoms with Crippen LogP contribution in [0.3, 0.4) is 0 Å². The number of hydrogen-bond donors (Lipinski definition) is 1. The van der Waals surface area contributed by atoms with Crippen LogP contribution in [0, 0.1) is 0 Å². The number of carbonyl (C=O) groups is 1. The number of ether oxygens (including phenoxy) is 1. The number of carbonyl (C=O) groups excluding carboxylic acids is 1. The van der Waals surface area contributed by atoms with E-state index in [0.717, 1.165) is 30.7 Å². The molecule has 0 bridgehead atoms. The molecule has 1 aliphatic rings. The third-order valence-electron chi connectivity index (χ3n) is 2.87. The van der Waals surface area contributed by atoms with Crippen molar-refractivity contribution in [1.82, 2.24) is 0 Å². The Morgan fingerprint density at radius 3 is 3.06 bits per heavy atom. The molecular formula is C13H17NO2. The molecule has 0 aromatic heterocycles. The van der Waals surface area contributed by atoms with Crippen LogP contribution in [0.15, 0.2) is 18.2 Å². The quantitative estimate of drug-likeness (QED) is 0.830. The van der Waals surface area contributed by atoms with Gasteiger partial charge >= 0.3 is 0 Å². The molecule has 1 aromatic rings. The molecule has 2 rings (SSSR count). The van der Waals surface area contributed by atoms with Crippen LogP contribution in [0.25, 0.3) is 0 Å². The van der Waals surface area contributed by atoms with Gasteiger partial charge in [0, 0.05) is 12.6 Å².